The average Bonchev–Trinajstić information content (AvgIpc) is 2.63. The molecule has 92 valence electrons. The van der Waals surface area contributed by atoms with E-state index in [1.807, 2.05) is 0 Å². The second-order valence-electron chi connectivity index (χ2n) is 3.27. The van der Waals surface area contributed by atoms with Crippen LogP contribution in [0.5, 0.6) is 0 Å². The second kappa shape index (κ2) is 5.48. The largest absolute Gasteiger partial charge is 0.480 e. The number of amides is 2. The molecule has 8 heteroatoms. The maximum absolute atomic E-state index is 11.6. The molecule has 1 aromatic heterocycles. The number of halogens is 1. The molecule has 1 aromatic rings. The molecule has 0 spiro atoms. The second-order valence-corrected chi connectivity index (χ2v) is 4.18. The predicted molar refractivity (Wildman–Crippen MR) is 61.2 cm³/mol. The lowest BCUT2D eigenvalue weighted by Crippen LogP contribution is -2.43. The van der Waals surface area contributed by atoms with E-state index in [4.69, 9.17) is 10.8 Å². The Morgan fingerprint density at radius 2 is 2.18 bits per heavy atom. The fourth-order valence-electron chi connectivity index (χ4n) is 1.14. The van der Waals surface area contributed by atoms with Gasteiger partial charge in [-0.3, -0.25) is 9.59 Å². The van der Waals surface area contributed by atoms with Gasteiger partial charge in [0.25, 0.3) is 5.91 Å². The highest BCUT2D eigenvalue weighted by molar-refractivity contribution is 9.10. The number of hydrogen-bond donors (Lipinski definition) is 4. The Bertz CT molecular complexity index is 457. The van der Waals surface area contributed by atoms with Crippen LogP contribution in [-0.4, -0.2) is 33.9 Å². The standard InChI is InChI=1S/C9H10BrN3O4/c10-4-1-5(12-3-4)8(15)13-6(9(16)17)2-7(11)14/h1,3,6,12H,2H2,(H2,11,14)(H,13,15)(H,16,17)/t6-/m0/s1. The van der Waals surface area contributed by atoms with E-state index in [9.17, 15) is 14.4 Å². The topological polar surface area (TPSA) is 125 Å². The number of aromatic amines is 1. The van der Waals surface area contributed by atoms with Crippen LogP contribution in [0.2, 0.25) is 0 Å². The van der Waals surface area contributed by atoms with Gasteiger partial charge < -0.3 is 21.1 Å². The molecule has 5 N–H and O–H groups in total. The Kier molecular flexibility index (Phi) is 4.27. The molecule has 2 amide bonds. The number of rotatable bonds is 5. The van der Waals surface area contributed by atoms with Crippen LogP contribution in [0.1, 0.15) is 16.9 Å². The van der Waals surface area contributed by atoms with E-state index in [1.54, 1.807) is 0 Å². The van der Waals surface area contributed by atoms with Crippen molar-refractivity contribution in [3.05, 3.63) is 22.4 Å². The zero-order valence-corrected chi connectivity index (χ0v) is 10.2. The molecule has 1 atom stereocenters. The first-order valence-electron chi connectivity index (χ1n) is 4.56. The van der Waals surface area contributed by atoms with Gasteiger partial charge >= 0.3 is 5.97 Å². The van der Waals surface area contributed by atoms with E-state index in [-0.39, 0.29) is 5.69 Å². The van der Waals surface area contributed by atoms with Crippen molar-refractivity contribution in [2.45, 2.75) is 12.5 Å². The predicted octanol–water partition coefficient (Wildman–Crippen LogP) is -0.164. The maximum atomic E-state index is 11.6. The normalized spacial score (nSPS) is 11.8. The fraction of sp³-hybridized carbons (Fsp3) is 0.222. The SMILES string of the molecule is NC(=O)C[C@H](NC(=O)c1cc(Br)c[nH]1)C(=O)O. The molecular weight excluding hydrogens is 294 g/mol. The van der Waals surface area contributed by atoms with E-state index in [2.05, 4.69) is 26.2 Å². The highest BCUT2D eigenvalue weighted by Crippen LogP contribution is 2.10. The van der Waals surface area contributed by atoms with Crippen LogP contribution in [0.25, 0.3) is 0 Å². The molecule has 0 aromatic carbocycles. The molecule has 1 rings (SSSR count). The zero-order valence-electron chi connectivity index (χ0n) is 8.57. The van der Waals surface area contributed by atoms with Crippen molar-refractivity contribution in [1.82, 2.24) is 10.3 Å². The summed E-state index contributed by atoms with van der Waals surface area (Å²) in [7, 11) is 0. The number of hydrogen-bond acceptors (Lipinski definition) is 3. The first-order valence-corrected chi connectivity index (χ1v) is 5.35. The molecule has 0 radical (unpaired) electrons. The summed E-state index contributed by atoms with van der Waals surface area (Å²) in [5, 5.41) is 11.0. The summed E-state index contributed by atoms with van der Waals surface area (Å²) < 4.78 is 0.657. The third-order valence-corrected chi connectivity index (χ3v) is 2.36. The third kappa shape index (κ3) is 3.91. The maximum Gasteiger partial charge on any atom is 0.326 e. The van der Waals surface area contributed by atoms with E-state index >= 15 is 0 Å². The van der Waals surface area contributed by atoms with Crippen molar-refractivity contribution in [3.63, 3.8) is 0 Å². The van der Waals surface area contributed by atoms with Gasteiger partial charge in [0.1, 0.15) is 11.7 Å². The van der Waals surface area contributed by atoms with Gasteiger partial charge in [-0.05, 0) is 22.0 Å². The van der Waals surface area contributed by atoms with E-state index in [1.165, 1.54) is 12.3 Å². The van der Waals surface area contributed by atoms with Crippen LogP contribution in [0, 0.1) is 0 Å². The summed E-state index contributed by atoms with van der Waals surface area (Å²) in [6, 6.07) is 0.153. The molecule has 0 fully saturated rings. The van der Waals surface area contributed by atoms with Crippen molar-refractivity contribution in [3.8, 4) is 0 Å². The zero-order chi connectivity index (χ0) is 13.0. The number of carbonyl (C=O) groups is 3. The highest BCUT2D eigenvalue weighted by Gasteiger charge is 2.23. The number of nitrogens with two attached hydrogens (primary N) is 1. The first-order chi connectivity index (χ1) is 7.90. The van der Waals surface area contributed by atoms with Crippen molar-refractivity contribution in [2.75, 3.05) is 0 Å². The van der Waals surface area contributed by atoms with Crippen molar-refractivity contribution in [2.24, 2.45) is 5.73 Å². The molecule has 17 heavy (non-hydrogen) atoms. The number of aromatic nitrogens is 1. The van der Waals surface area contributed by atoms with Gasteiger partial charge in [-0.15, -0.1) is 0 Å². The fourth-order valence-corrected chi connectivity index (χ4v) is 1.48. The summed E-state index contributed by atoms with van der Waals surface area (Å²) in [4.78, 5) is 35.6. The summed E-state index contributed by atoms with van der Waals surface area (Å²) in [6.45, 7) is 0. The Hall–Kier alpha value is -1.83. The minimum absolute atomic E-state index is 0.188. The molecule has 0 aliphatic heterocycles. The molecule has 0 aliphatic carbocycles. The first kappa shape index (κ1) is 13.2. The molecule has 0 aliphatic rings. The molecule has 0 bridgehead atoms. The van der Waals surface area contributed by atoms with Gasteiger partial charge in [0.2, 0.25) is 5.91 Å². The molecular formula is C9H10BrN3O4. The molecule has 0 saturated heterocycles. The van der Waals surface area contributed by atoms with Crippen LogP contribution in [0.4, 0.5) is 0 Å². The number of H-pyrrole nitrogens is 1. The lowest BCUT2D eigenvalue weighted by Gasteiger charge is -2.11. The van der Waals surface area contributed by atoms with Crippen molar-refractivity contribution < 1.29 is 19.5 Å². The third-order valence-electron chi connectivity index (χ3n) is 1.90. The number of carboxylic acids is 1. The van der Waals surface area contributed by atoms with Crippen molar-refractivity contribution >= 4 is 33.7 Å². The van der Waals surface area contributed by atoms with Crippen LogP contribution in [0.3, 0.4) is 0 Å². The molecule has 0 saturated carbocycles. The monoisotopic (exact) mass is 303 g/mol. The summed E-state index contributed by atoms with van der Waals surface area (Å²) in [6.07, 6.45) is 1.07. The Balaban J connectivity index is 2.70. The van der Waals surface area contributed by atoms with E-state index in [0.717, 1.165) is 0 Å². The average molecular weight is 304 g/mol. The van der Waals surface area contributed by atoms with Gasteiger partial charge in [0.05, 0.1) is 6.42 Å². The van der Waals surface area contributed by atoms with Crippen LogP contribution < -0.4 is 11.1 Å². The molecule has 1 heterocycles. The van der Waals surface area contributed by atoms with Crippen LogP contribution in [-0.2, 0) is 9.59 Å². The summed E-state index contributed by atoms with van der Waals surface area (Å²) in [5.74, 6) is -2.74. The lowest BCUT2D eigenvalue weighted by atomic mass is 10.2. The smallest absolute Gasteiger partial charge is 0.326 e. The Labute approximate surface area is 105 Å². The quantitative estimate of drug-likeness (QED) is 0.603. The van der Waals surface area contributed by atoms with Gasteiger partial charge in [-0.2, -0.15) is 0 Å². The van der Waals surface area contributed by atoms with Gasteiger partial charge in [-0.25, -0.2) is 4.79 Å². The number of carboxylic acid groups (broad SMARTS) is 1. The number of primary amides is 1. The van der Waals surface area contributed by atoms with Crippen LogP contribution >= 0.6 is 15.9 Å². The number of carbonyl (C=O) groups excluding carboxylic acids is 2. The minimum atomic E-state index is -1.33. The van der Waals surface area contributed by atoms with Gasteiger partial charge in [0.15, 0.2) is 0 Å². The van der Waals surface area contributed by atoms with Gasteiger partial charge in [0, 0.05) is 10.7 Å². The molecule has 7 nitrogen and oxygen atoms in total. The summed E-state index contributed by atoms with van der Waals surface area (Å²) >= 11 is 3.13. The minimum Gasteiger partial charge on any atom is -0.480 e. The Morgan fingerprint density at radius 1 is 1.53 bits per heavy atom. The van der Waals surface area contributed by atoms with Crippen molar-refractivity contribution in [1.29, 1.82) is 0 Å². The van der Waals surface area contributed by atoms with E-state index < -0.39 is 30.2 Å². The Morgan fingerprint density at radius 3 is 2.59 bits per heavy atom. The van der Waals surface area contributed by atoms with Gasteiger partial charge in [-0.1, -0.05) is 0 Å². The van der Waals surface area contributed by atoms with E-state index in [0.29, 0.717) is 4.47 Å². The van der Waals surface area contributed by atoms with Crippen LogP contribution in [0.15, 0.2) is 16.7 Å². The molecule has 0 unspecified atom stereocenters. The highest BCUT2D eigenvalue weighted by atomic mass is 79.9. The number of nitrogens with one attached hydrogen (secondary N) is 2. The number of aliphatic carboxylic acids is 1. The lowest BCUT2D eigenvalue weighted by molar-refractivity contribution is -0.140. The summed E-state index contributed by atoms with van der Waals surface area (Å²) in [5.41, 5.74) is 5.07.